The lowest BCUT2D eigenvalue weighted by molar-refractivity contribution is 0.654. The van der Waals surface area contributed by atoms with Gasteiger partial charge in [0.1, 0.15) is 4.87 Å². The molecule has 0 aliphatic heterocycles. The molecule has 0 aliphatic rings. The van der Waals surface area contributed by atoms with Gasteiger partial charge in [-0.05, 0) is 31.9 Å². The van der Waals surface area contributed by atoms with Crippen LogP contribution in [0.15, 0.2) is 24.3 Å². The molecule has 0 amide bonds. The van der Waals surface area contributed by atoms with Crippen molar-refractivity contribution in [3.63, 3.8) is 0 Å². The summed E-state index contributed by atoms with van der Waals surface area (Å²) in [5, 5.41) is 1.80. The average molecular weight is 256 g/mol. The lowest BCUT2D eigenvalue weighted by atomic mass is 10.1. The molecule has 90 valence electrons. The Balaban J connectivity index is 3.02. The van der Waals surface area contributed by atoms with Crippen molar-refractivity contribution in [2.24, 2.45) is 5.84 Å². The van der Waals surface area contributed by atoms with Gasteiger partial charge in [-0.2, -0.15) is 0 Å². The molecule has 2 nitrogen and oxygen atoms in total. The van der Waals surface area contributed by atoms with Crippen LogP contribution in [0.5, 0.6) is 0 Å². The zero-order valence-electron chi connectivity index (χ0n) is 10.1. The Morgan fingerprint density at radius 1 is 1.38 bits per heavy atom. The van der Waals surface area contributed by atoms with Gasteiger partial charge in [-0.25, -0.2) is 5.84 Å². The minimum absolute atomic E-state index is 0.215. The highest BCUT2D eigenvalue weighted by Gasteiger charge is 2.25. The predicted molar refractivity (Wildman–Crippen MR) is 77.8 cm³/mol. The molecule has 0 fully saturated rings. The van der Waals surface area contributed by atoms with Gasteiger partial charge in [0.2, 0.25) is 0 Å². The smallest absolute Gasteiger partial charge is 0.105 e. The van der Waals surface area contributed by atoms with Crippen LogP contribution in [0.4, 0.5) is 5.69 Å². The van der Waals surface area contributed by atoms with Crippen molar-refractivity contribution in [1.82, 2.24) is 0 Å². The van der Waals surface area contributed by atoms with Crippen LogP contribution in [0.1, 0.15) is 32.8 Å². The quantitative estimate of drug-likeness (QED) is 0.277. The second-order valence-electron chi connectivity index (χ2n) is 4.29. The molecule has 0 aliphatic carbocycles. The van der Waals surface area contributed by atoms with E-state index in [2.05, 4.69) is 50.6 Å². The summed E-state index contributed by atoms with van der Waals surface area (Å²) in [4.78, 5) is -0.215. The fraction of sp³-hybridized carbons (Fsp3) is 0.500. The van der Waals surface area contributed by atoms with Crippen LogP contribution in [0.2, 0.25) is 0 Å². The maximum absolute atomic E-state index is 6.18. The molecule has 0 atom stereocenters. The minimum Gasteiger partial charge on any atom is -0.294 e. The molecule has 0 unspecified atom stereocenters. The number of aryl methyl sites for hydroxylation is 1. The van der Waals surface area contributed by atoms with Gasteiger partial charge in [0.05, 0.1) is 5.69 Å². The third-order valence-electron chi connectivity index (χ3n) is 2.57. The van der Waals surface area contributed by atoms with Crippen molar-refractivity contribution in [2.75, 3.05) is 5.01 Å². The fourth-order valence-corrected chi connectivity index (χ4v) is 2.01. The first kappa shape index (κ1) is 13.7. The molecular weight excluding hydrogens is 236 g/mol. The molecule has 1 aromatic rings. The zero-order chi connectivity index (χ0) is 12.2. The summed E-state index contributed by atoms with van der Waals surface area (Å²) in [5.74, 6) is 6.18. The molecule has 0 saturated heterocycles. The fourth-order valence-electron chi connectivity index (χ4n) is 1.56. The molecule has 0 aromatic heterocycles. The second-order valence-corrected chi connectivity index (χ2v) is 6.02. The summed E-state index contributed by atoms with van der Waals surface area (Å²) in [5.41, 5.74) is 2.39. The minimum atomic E-state index is -0.215. The first-order chi connectivity index (χ1) is 7.53. The molecule has 16 heavy (non-hydrogen) atoms. The van der Waals surface area contributed by atoms with Gasteiger partial charge < -0.3 is 0 Å². The highest BCUT2D eigenvalue weighted by Crippen LogP contribution is 2.34. The lowest BCUT2D eigenvalue weighted by Crippen LogP contribution is -2.46. The maximum atomic E-state index is 6.18. The van der Waals surface area contributed by atoms with Gasteiger partial charge in [0.15, 0.2) is 0 Å². The van der Waals surface area contributed by atoms with E-state index >= 15 is 0 Å². The molecule has 0 radical (unpaired) electrons. The number of hydrazine groups is 1. The van der Waals surface area contributed by atoms with E-state index in [4.69, 9.17) is 5.84 Å². The van der Waals surface area contributed by atoms with E-state index in [0.717, 1.165) is 18.5 Å². The number of para-hydroxylation sites is 1. The largest absolute Gasteiger partial charge is 0.294 e. The van der Waals surface area contributed by atoms with Gasteiger partial charge >= 0.3 is 0 Å². The van der Waals surface area contributed by atoms with Crippen molar-refractivity contribution in [1.29, 1.82) is 0 Å². The van der Waals surface area contributed by atoms with E-state index in [9.17, 15) is 0 Å². The predicted octanol–water partition coefficient (Wildman–Crippen LogP) is 3.63. The Morgan fingerprint density at radius 2 is 2.00 bits per heavy atom. The number of hydrogen-bond acceptors (Lipinski definition) is 4. The Kier molecular flexibility index (Phi) is 5.02. The van der Waals surface area contributed by atoms with Crippen molar-refractivity contribution in [2.45, 2.75) is 38.5 Å². The molecule has 0 bridgehead atoms. The van der Waals surface area contributed by atoms with E-state index in [0.29, 0.717) is 0 Å². The van der Waals surface area contributed by atoms with Crippen molar-refractivity contribution < 1.29 is 0 Å². The third-order valence-corrected chi connectivity index (χ3v) is 4.56. The van der Waals surface area contributed by atoms with Crippen LogP contribution in [-0.2, 0) is 6.42 Å². The van der Waals surface area contributed by atoms with Crippen LogP contribution in [-0.4, -0.2) is 4.87 Å². The number of rotatable bonds is 5. The number of nitrogens with zero attached hydrogens (tertiary/aromatic N) is 1. The van der Waals surface area contributed by atoms with Gasteiger partial charge in [0, 0.05) is 0 Å². The number of hydrogen-bond donors (Lipinski definition) is 2. The molecular formula is C12H20N2S2. The zero-order valence-corrected chi connectivity index (χ0v) is 11.8. The number of anilines is 1. The van der Waals surface area contributed by atoms with E-state index < -0.39 is 0 Å². The topological polar surface area (TPSA) is 29.3 Å². The van der Waals surface area contributed by atoms with Gasteiger partial charge in [-0.3, -0.25) is 5.01 Å². The van der Waals surface area contributed by atoms with E-state index in [1.54, 1.807) is 5.01 Å². The van der Waals surface area contributed by atoms with Crippen LogP contribution in [0, 0.1) is 0 Å². The normalized spacial score (nSPS) is 11.6. The van der Waals surface area contributed by atoms with E-state index in [1.807, 2.05) is 6.07 Å². The molecule has 4 heteroatoms. The summed E-state index contributed by atoms with van der Waals surface area (Å²) in [6.45, 7) is 6.30. The molecule has 1 rings (SSSR count). The first-order valence-corrected chi connectivity index (χ1v) is 7.35. The Bertz CT molecular complexity index is 340. The van der Waals surface area contributed by atoms with E-state index in [1.165, 1.54) is 16.4 Å². The summed E-state index contributed by atoms with van der Waals surface area (Å²) in [6, 6.07) is 8.28. The monoisotopic (exact) mass is 256 g/mol. The Morgan fingerprint density at radius 3 is 2.56 bits per heavy atom. The van der Waals surface area contributed by atoms with Crippen molar-refractivity contribution >= 4 is 28.1 Å². The number of benzene rings is 1. The first-order valence-electron chi connectivity index (χ1n) is 5.48. The molecule has 0 spiro atoms. The Labute approximate surface area is 107 Å². The number of nitrogens with two attached hydrogens (primary N) is 1. The summed E-state index contributed by atoms with van der Waals surface area (Å²) < 4.78 is 0. The SMILES string of the molecule is CCCc1ccccc1N(N)C(C)(C)SS. The lowest BCUT2D eigenvalue weighted by Gasteiger charge is -2.35. The van der Waals surface area contributed by atoms with Crippen molar-refractivity contribution in [3.05, 3.63) is 29.8 Å². The average Bonchev–Trinajstić information content (AvgIpc) is 2.29. The molecule has 0 saturated carbocycles. The van der Waals surface area contributed by atoms with Crippen molar-refractivity contribution in [3.8, 4) is 0 Å². The maximum Gasteiger partial charge on any atom is 0.105 e. The van der Waals surface area contributed by atoms with Crippen LogP contribution >= 0.6 is 22.5 Å². The highest BCUT2D eigenvalue weighted by atomic mass is 33.1. The molecule has 2 N–H and O–H groups in total. The van der Waals surface area contributed by atoms with Crippen LogP contribution < -0.4 is 10.9 Å². The molecule has 0 heterocycles. The molecule has 1 aromatic carbocycles. The van der Waals surface area contributed by atoms with Crippen LogP contribution in [0.25, 0.3) is 0 Å². The summed E-state index contributed by atoms with van der Waals surface area (Å²) in [6.07, 6.45) is 2.18. The van der Waals surface area contributed by atoms with Crippen LogP contribution in [0.3, 0.4) is 0 Å². The van der Waals surface area contributed by atoms with Gasteiger partial charge in [-0.15, -0.1) is 11.7 Å². The highest BCUT2D eigenvalue weighted by molar-refractivity contribution is 8.69. The standard InChI is InChI=1S/C12H20N2S2/c1-4-7-10-8-5-6-9-11(10)14(13)12(2,3)16-15/h5-6,8-9,15H,4,7,13H2,1-3H3. The van der Waals surface area contributed by atoms with Gasteiger partial charge in [-0.1, -0.05) is 42.3 Å². The number of thiol groups is 1. The van der Waals surface area contributed by atoms with E-state index in [-0.39, 0.29) is 4.87 Å². The summed E-state index contributed by atoms with van der Waals surface area (Å²) in [7, 11) is 1.45. The van der Waals surface area contributed by atoms with Gasteiger partial charge in [0.25, 0.3) is 0 Å². The second kappa shape index (κ2) is 5.84. The summed E-state index contributed by atoms with van der Waals surface area (Å²) >= 11 is 4.27. The Hall–Kier alpha value is -0.320. The third kappa shape index (κ3) is 3.09.